The highest BCUT2D eigenvalue weighted by Crippen LogP contribution is 2.39. The molecule has 1 fully saturated rings. The molecule has 2 heterocycles. The van der Waals surface area contributed by atoms with Crippen molar-refractivity contribution in [2.45, 2.75) is 33.6 Å². The van der Waals surface area contributed by atoms with Crippen LogP contribution in [0.15, 0.2) is 40.3 Å². The number of quaternary nitrogens is 1. The van der Waals surface area contributed by atoms with Crippen molar-refractivity contribution in [3.05, 3.63) is 47.0 Å². The van der Waals surface area contributed by atoms with Gasteiger partial charge in [0.1, 0.15) is 0 Å². The summed E-state index contributed by atoms with van der Waals surface area (Å²) in [6.45, 7) is 14.4. The molecule has 0 spiro atoms. The summed E-state index contributed by atoms with van der Waals surface area (Å²) in [5, 5.41) is 27.8. The number of methoxy groups -OCH3 is 1. The van der Waals surface area contributed by atoms with Crippen molar-refractivity contribution in [3.8, 4) is 11.5 Å². The molecule has 198 valence electrons. The summed E-state index contributed by atoms with van der Waals surface area (Å²) in [5.74, 6) is 3.26. The SMILES string of the molecule is COCCN1CCN(CC2C=C(C)C(Cc3nnc(-c4ccc([NH+]([O-])O)cc4)o3)CC2C(C)C)CC1. The van der Waals surface area contributed by atoms with Crippen molar-refractivity contribution in [3.63, 3.8) is 0 Å². The average molecular weight is 500 g/mol. The van der Waals surface area contributed by atoms with Gasteiger partial charge in [-0.3, -0.25) is 4.90 Å². The van der Waals surface area contributed by atoms with E-state index in [2.05, 4.69) is 46.8 Å². The van der Waals surface area contributed by atoms with E-state index in [0.717, 1.165) is 64.3 Å². The summed E-state index contributed by atoms with van der Waals surface area (Å²) in [7, 11) is 1.77. The second-order valence-electron chi connectivity index (χ2n) is 10.6. The Morgan fingerprint density at radius 2 is 1.83 bits per heavy atom. The minimum atomic E-state index is -0.949. The van der Waals surface area contributed by atoms with Crippen LogP contribution < -0.4 is 5.23 Å². The maximum absolute atomic E-state index is 11.1. The van der Waals surface area contributed by atoms with Gasteiger partial charge in [0, 0.05) is 70.5 Å². The lowest BCUT2D eigenvalue weighted by molar-refractivity contribution is -0.991. The van der Waals surface area contributed by atoms with Crippen molar-refractivity contribution < 1.29 is 19.6 Å². The molecule has 1 aliphatic heterocycles. The van der Waals surface area contributed by atoms with Crippen molar-refractivity contribution in [2.24, 2.45) is 23.7 Å². The smallest absolute Gasteiger partial charge is 0.247 e. The Hall–Kier alpha value is -2.14. The fourth-order valence-electron chi connectivity index (χ4n) is 5.62. The lowest BCUT2D eigenvalue weighted by Gasteiger charge is -2.41. The second-order valence-corrected chi connectivity index (χ2v) is 10.6. The first-order chi connectivity index (χ1) is 17.3. The van der Waals surface area contributed by atoms with Gasteiger partial charge < -0.3 is 19.3 Å². The molecule has 1 aromatic heterocycles. The van der Waals surface area contributed by atoms with Gasteiger partial charge in [-0.2, -0.15) is 5.23 Å². The van der Waals surface area contributed by atoms with Crippen molar-refractivity contribution in [2.75, 3.05) is 53.0 Å². The van der Waals surface area contributed by atoms with Gasteiger partial charge in [-0.25, -0.2) is 5.21 Å². The highest BCUT2D eigenvalue weighted by Gasteiger charge is 2.34. The molecular weight excluding hydrogens is 458 g/mol. The molecule has 36 heavy (non-hydrogen) atoms. The van der Waals surface area contributed by atoms with Crippen LogP contribution in [-0.4, -0.2) is 78.2 Å². The van der Waals surface area contributed by atoms with Crippen LogP contribution in [0.2, 0.25) is 0 Å². The number of allylic oxidation sites excluding steroid dienone is 1. The van der Waals surface area contributed by atoms with Gasteiger partial charge in [-0.15, -0.1) is 10.2 Å². The normalized spacial score (nSPS) is 24.8. The van der Waals surface area contributed by atoms with Crippen LogP contribution in [0, 0.1) is 28.9 Å². The van der Waals surface area contributed by atoms with Crippen LogP contribution >= 0.6 is 0 Å². The van der Waals surface area contributed by atoms with Gasteiger partial charge in [-0.05, 0) is 49.1 Å². The first-order valence-electron chi connectivity index (χ1n) is 13.1. The zero-order valence-electron chi connectivity index (χ0n) is 22.0. The summed E-state index contributed by atoms with van der Waals surface area (Å²) in [6, 6.07) is 6.54. The molecule has 4 unspecified atom stereocenters. The summed E-state index contributed by atoms with van der Waals surface area (Å²) < 4.78 is 11.2. The maximum atomic E-state index is 11.1. The lowest BCUT2D eigenvalue weighted by atomic mass is 9.69. The van der Waals surface area contributed by atoms with Crippen LogP contribution in [0.4, 0.5) is 5.69 Å². The van der Waals surface area contributed by atoms with E-state index < -0.39 is 5.23 Å². The molecule has 0 bridgehead atoms. The first kappa shape index (κ1) is 26.9. The molecule has 2 N–H and O–H groups in total. The van der Waals surface area contributed by atoms with E-state index in [1.54, 1.807) is 31.4 Å². The Labute approximate surface area is 214 Å². The molecule has 0 amide bonds. The summed E-state index contributed by atoms with van der Waals surface area (Å²) in [4.78, 5) is 5.13. The molecule has 1 saturated heterocycles. The van der Waals surface area contributed by atoms with E-state index in [9.17, 15) is 5.21 Å². The second kappa shape index (κ2) is 12.4. The Balaban J connectivity index is 1.37. The van der Waals surface area contributed by atoms with Gasteiger partial charge in [0.15, 0.2) is 5.69 Å². The van der Waals surface area contributed by atoms with Crippen molar-refractivity contribution in [1.82, 2.24) is 20.0 Å². The van der Waals surface area contributed by atoms with Gasteiger partial charge in [0.25, 0.3) is 0 Å². The number of benzene rings is 1. The molecule has 9 nitrogen and oxygen atoms in total. The van der Waals surface area contributed by atoms with Crippen molar-refractivity contribution >= 4 is 5.69 Å². The monoisotopic (exact) mass is 499 g/mol. The quantitative estimate of drug-likeness (QED) is 0.380. The molecule has 1 aliphatic carbocycles. The predicted octanol–water partition coefficient (Wildman–Crippen LogP) is 2.80. The molecule has 1 aromatic carbocycles. The first-order valence-corrected chi connectivity index (χ1v) is 13.1. The highest BCUT2D eigenvalue weighted by molar-refractivity contribution is 5.55. The fraction of sp³-hybridized carbons (Fsp3) is 0.630. The minimum Gasteiger partial charge on any atom is -0.595 e. The van der Waals surface area contributed by atoms with Crippen LogP contribution in [-0.2, 0) is 11.2 Å². The summed E-state index contributed by atoms with van der Waals surface area (Å²) in [5.41, 5.74) is 2.39. The minimum absolute atomic E-state index is 0.240. The Morgan fingerprint density at radius 1 is 1.14 bits per heavy atom. The Bertz CT molecular complexity index is 982. The van der Waals surface area contributed by atoms with Crippen LogP contribution in [0.5, 0.6) is 0 Å². The average Bonchev–Trinajstić information content (AvgIpc) is 3.33. The number of hydrogen-bond acceptors (Lipinski definition) is 8. The third-order valence-electron chi connectivity index (χ3n) is 7.90. The lowest BCUT2D eigenvalue weighted by Crippen LogP contribution is -2.99. The number of aromatic nitrogens is 2. The molecule has 0 radical (unpaired) electrons. The van der Waals surface area contributed by atoms with Crippen LogP contribution in [0.1, 0.15) is 33.1 Å². The summed E-state index contributed by atoms with van der Waals surface area (Å²) in [6.07, 6.45) is 4.37. The van der Waals surface area contributed by atoms with Gasteiger partial charge >= 0.3 is 0 Å². The zero-order valence-corrected chi connectivity index (χ0v) is 22.0. The van der Waals surface area contributed by atoms with E-state index >= 15 is 0 Å². The number of nitrogens with zero attached hydrogens (tertiary/aromatic N) is 4. The van der Waals surface area contributed by atoms with E-state index in [0.29, 0.717) is 35.5 Å². The van der Waals surface area contributed by atoms with E-state index in [1.807, 2.05) is 0 Å². The number of hydrogen-bond donors (Lipinski definition) is 2. The number of piperazine rings is 1. The molecule has 0 saturated carbocycles. The van der Waals surface area contributed by atoms with Crippen molar-refractivity contribution in [1.29, 1.82) is 0 Å². The molecular formula is C27H41N5O4. The van der Waals surface area contributed by atoms with E-state index in [-0.39, 0.29) is 5.69 Å². The van der Waals surface area contributed by atoms with E-state index in [1.165, 1.54) is 5.57 Å². The largest absolute Gasteiger partial charge is 0.595 e. The van der Waals surface area contributed by atoms with E-state index in [4.69, 9.17) is 14.4 Å². The predicted molar refractivity (Wildman–Crippen MR) is 138 cm³/mol. The third-order valence-corrected chi connectivity index (χ3v) is 7.90. The number of rotatable bonds is 10. The molecule has 2 aliphatic rings. The number of nitrogens with one attached hydrogen (secondary N) is 1. The van der Waals surface area contributed by atoms with Crippen LogP contribution in [0.25, 0.3) is 11.5 Å². The fourth-order valence-corrected chi connectivity index (χ4v) is 5.62. The maximum Gasteiger partial charge on any atom is 0.247 e. The summed E-state index contributed by atoms with van der Waals surface area (Å²) >= 11 is 0. The van der Waals surface area contributed by atoms with Gasteiger partial charge in [0.05, 0.1) is 6.61 Å². The highest BCUT2D eigenvalue weighted by atomic mass is 16.8. The Morgan fingerprint density at radius 3 is 2.47 bits per heavy atom. The van der Waals surface area contributed by atoms with Crippen LogP contribution in [0.3, 0.4) is 0 Å². The third kappa shape index (κ3) is 6.79. The number of ether oxygens (including phenoxy) is 1. The Kier molecular flexibility index (Phi) is 9.27. The molecule has 2 aromatic rings. The topological polar surface area (TPSA) is 102 Å². The molecule has 9 heteroatoms. The van der Waals surface area contributed by atoms with Gasteiger partial charge in [-0.1, -0.05) is 25.5 Å². The molecule has 4 atom stereocenters. The van der Waals surface area contributed by atoms with Gasteiger partial charge in [0.2, 0.25) is 11.8 Å². The zero-order chi connectivity index (χ0) is 25.7. The standard InChI is InChI=1S/C27H41N5O4/c1-19(2)25-16-22(17-26-28-29-27(36-26)21-5-7-24(8-6-21)32(33)34)20(3)15-23(25)18-31-11-9-30(10-12-31)13-14-35-4/h5-8,15,19,22-23,25,32-33H,9-14,16-18H2,1-4H3. The molecule has 4 rings (SSSR count).